The van der Waals surface area contributed by atoms with Gasteiger partial charge in [0.2, 0.25) is 15.9 Å². The maximum absolute atomic E-state index is 12.5. The fourth-order valence-electron chi connectivity index (χ4n) is 3.03. The fraction of sp³-hybridized carbons (Fsp3) is 0.316. The van der Waals surface area contributed by atoms with Crippen LogP contribution in [0.2, 0.25) is 0 Å². The molecule has 0 unspecified atom stereocenters. The summed E-state index contributed by atoms with van der Waals surface area (Å²) in [5, 5.41) is 9.34. The zero-order valence-corrected chi connectivity index (χ0v) is 16.4. The van der Waals surface area contributed by atoms with E-state index >= 15 is 0 Å². The van der Waals surface area contributed by atoms with Gasteiger partial charge in [-0.3, -0.25) is 9.52 Å². The molecule has 1 fully saturated rings. The van der Waals surface area contributed by atoms with Crippen molar-refractivity contribution in [3.63, 3.8) is 0 Å². The molecule has 0 spiro atoms. The highest BCUT2D eigenvalue weighted by molar-refractivity contribution is 7.92. The molecule has 1 aromatic carbocycles. The van der Waals surface area contributed by atoms with Gasteiger partial charge in [-0.05, 0) is 36.3 Å². The third-order valence-corrected chi connectivity index (χ3v) is 5.16. The first kappa shape index (κ1) is 18.4. The van der Waals surface area contributed by atoms with E-state index in [0.29, 0.717) is 29.4 Å². The summed E-state index contributed by atoms with van der Waals surface area (Å²) in [5.74, 6) is 0.921. The quantitative estimate of drug-likeness (QED) is 0.680. The minimum Gasteiger partial charge on any atom is -0.476 e. The molecule has 1 aliphatic carbocycles. The first-order valence-corrected chi connectivity index (χ1v) is 10.8. The van der Waals surface area contributed by atoms with Gasteiger partial charge in [-0.15, -0.1) is 10.2 Å². The van der Waals surface area contributed by atoms with Crippen molar-refractivity contribution in [2.45, 2.75) is 12.8 Å². The van der Waals surface area contributed by atoms with Gasteiger partial charge in [-0.2, -0.15) is 0 Å². The summed E-state index contributed by atoms with van der Waals surface area (Å²) in [5.41, 5.74) is 1.18. The molecule has 0 saturated heterocycles. The van der Waals surface area contributed by atoms with Gasteiger partial charge < -0.3 is 9.30 Å². The van der Waals surface area contributed by atoms with Crippen LogP contribution in [0.25, 0.3) is 21.9 Å². The highest BCUT2D eigenvalue weighted by atomic mass is 32.2. The Kier molecular flexibility index (Phi) is 4.54. The van der Waals surface area contributed by atoms with E-state index in [9.17, 15) is 13.2 Å². The number of hydrogen-bond donors (Lipinski definition) is 1. The van der Waals surface area contributed by atoms with Crippen molar-refractivity contribution in [2.75, 3.05) is 17.6 Å². The third-order valence-electron chi connectivity index (χ3n) is 4.58. The number of fused-ring (bicyclic) bond motifs is 1. The van der Waals surface area contributed by atoms with Crippen LogP contribution in [0.4, 0.5) is 5.82 Å². The van der Waals surface area contributed by atoms with Crippen LogP contribution in [0.15, 0.2) is 41.3 Å². The van der Waals surface area contributed by atoms with Gasteiger partial charge in [0.05, 0.1) is 18.4 Å². The molecule has 1 aliphatic rings. The number of ether oxygens (including phenoxy) is 1. The van der Waals surface area contributed by atoms with E-state index < -0.39 is 10.0 Å². The number of anilines is 1. The average molecular weight is 400 g/mol. The van der Waals surface area contributed by atoms with Crippen LogP contribution in [0.3, 0.4) is 0 Å². The van der Waals surface area contributed by atoms with Crippen LogP contribution in [0.5, 0.6) is 5.88 Å². The van der Waals surface area contributed by atoms with Crippen molar-refractivity contribution in [1.29, 1.82) is 0 Å². The van der Waals surface area contributed by atoms with Crippen LogP contribution in [0, 0.1) is 5.92 Å². The first-order valence-electron chi connectivity index (χ1n) is 8.89. The summed E-state index contributed by atoms with van der Waals surface area (Å²) in [7, 11) is -1.84. The van der Waals surface area contributed by atoms with Gasteiger partial charge in [0.15, 0.2) is 5.82 Å². The molecule has 0 amide bonds. The van der Waals surface area contributed by atoms with Gasteiger partial charge in [-0.25, -0.2) is 8.42 Å². The number of benzene rings is 1. The first-order chi connectivity index (χ1) is 13.3. The predicted molar refractivity (Wildman–Crippen MR) is 107 cm³/mol. The minimum atomic E-state index is -3.51. The van der Waals surface area contributed by atoms with Crippen LogP contribution in [-0.2, 0) is 17.1 Å². The number of hydrogen-bond acceptors (Lipinski definition) is 6. The molecule has 0 radical (unpaired) electrons. The van der Waals surface area contributed by atoms with Crippen LogP contribution in [-0.4, -0.2) is 36.0 Å². The molecule has 146 valence electrons. The highest BCUT2D eigenvalue weighted by Crippen LogP contribution is 2.35. The average Bonchev–Trinajstić information content (AvgIpc) is 3.47. The van der Waals surface area contributed by atoms with Crippen molar-refractivity contribution in [3.8, 4) is 17.0 Å². The lowest BCUT2D eigenvalue weighted by Crippen LogP contribution is -2.17. The third kappa shape index (κ3) is 3.84. The number of sulfonamides is 1. The molecule has 3 aromatic rings. The highest BCUT2D eigenvalue weighted by Gasteiger charge is 2.24. The van der Waals surface area contributed by atoms with Crippen molar-refractivity contribution < 1.29 is 13.2 Å². The predicted octanol–water partition coefficient (Wildman–Crippen LogP) is 2.16. The molecule has 0 bridgehead atoms. The standard InChI is InChI=1S/C19H20N4O4S/c1-23-10-16(13-5-3-4-6-14(13)19(23)24)15-9-17(22-28(2,25)26)20-21-18(15)27-11-12-7-8-12/h3-6,9-10,12H,7-8,11H2,1-2H3,(H,20,22). The zero-order chi connectivity index (χ0) is 19.9. The lowest BCUT2D eigenvalue weighted by molar-refractivity contribution is 0.286. The smallest absolute Gasteiger partial charge is 0.258 e. The number of aryl methyl sites for hydroxylation is 1. The molecule has 2 heterocycles. The number of rotatable bonds is 6. The van der Waals surface area contributed by atoms with E-state index in [2.05, 4.69) is 14.9 Å². The Morgan fingerprint density at radius 1 is 1.18 bits per heavy atom. The molecule has 0 aliphatic heterocycles. The van der Waals surface area contributed by atoms with E-state index in [4.69, 9.17) is 4.74 Å². The number of pyridine rings is 1. The van der Waals surface area contributed by atoms with Gasteiger partial charge in [0.1, 0.15) is 0 Å². The molecule has 2 aromatic heterocycles. The SMILES string of the molecule is Cn1cc(-c2cc(NS(C)(=O)=O)nnc2OCC2CC2)c2ccccc2c1=O. The molecule has 4 rings (SSSR count). The number of nitrogens with one attached hydrogen (secondary N) is 1. The van der Waals surface area contributed by atoms with Gasteiger partial charge in [0.25, 0.3) is 5.56 Å². The van der Waals surface area contributed by atoms with Crippen LogP contribution < -0.4 is 15.0 Å². The lowest BCUT2D eigenvalue weighted by Gasteiger charge is -2.14. The van der Waals surface area contributed by atoms with E-state index in [-0.39, 0.29) is 11.4 Å². The summed E-state index contributed by atoms with van der Waals surface area (Å²) >= 11 is 0. The summed E-state index contributed by atoms with van der Waals surface area (Å²) in [4.78, 5) is 12.5. The maximum Gasteiger partial charge on any atom is 0.258 e. The molecule has 1 N–H and O–H groups in total. The van der Waals surface area contributed by atoms with Gasteiger partial charge in [0, 0.05) is 24.2 Å². The second-order valence-corrected chi connectivity index (χ2v) is 8.83. The summed E-state index contributed by atoms with van der Waals surface area (Å²) in [6.07, 6.45) is 5.00. The Labute approximate surface area is 162 Å². The fourth-order valence-corrected chi connectivity index (χ4v) is 3.51. The van der Waals surface area contributed by atoms with Crippen molar-refractivity contribution in [1.82, 2.24) is 14.8 Å². The Hall–Kier alpha value is -2.94. The Morgan fingerprint density at radius 2 is 1.89 bits per heavy atom. The van der Waals surface area contributed by atoms with Gasteiger partial charge >= 0.3 is 0 Å². The number of aromatic nitrogens is 3. The van der Waals surface area contributed by atoms with Crippen LogP contribution in [0.1, 0.15) is 12.8 Å². The molecule has 9 heteroatoms. The monoisotopic (exact) mass is 400 g/mol. The van der Waals surface area contributed by atoms with E-state index in [0.717, 1.165) is 30.0 Å². The van der Waals surface area contributed by atoms with Crippen molar-refractivity contribution in [3.05, 3.63) is 46.9 Å². The summed E-state index contributed by atoms with van der Waals surface area (Å²) < 4.78 is 32.9. The Morgan fingerprint density at radius 3 is 2.57 bits per heavy atom. The second-order valence-electron chi connectivity index (χ2n) is 7.08. The van der Waals surface area contributed by atoms with Crippen molar-refractivity contribution in [2.24, 2.45) is 13.0 Å². The molecule has 8 nitrogen and oxygen atoms in total. The topological polar surface area (TPSA) is 103 Å². The minimum absolute atomic E-state index is 0.0919. The molecule has 28 heavy (non-hydrogen) atoms. The Balaban J connectivity index is 1.91. The van der Waals surface area contributed by atoms with Gasteiger partial charge in [-0.1, -0.05) is 18.2 Å². The summed E-state index contributed by atoms with van der Waals surface area (Å²) in [6.45, 7) is 0.532. The molecule has 0 atom stereocenters. The van der Waals surface area contributed by atoms with Crippen LogP contribution >= 0.6 is 0 Å². The molecular weight excluding hydrogens is 380 g/mol. The largest absolute Gasteiger partial charge is 0.476 e. The van der Waals surface area contributed by atoms with Crippen molar-refractivity contribution >= 4 is 26.6 Å². The zero-order valence-electron chi connectivity index (χ0n) is 15.5. The molecule has 1 saturated carbocycles. The normalized spacial score (nSPS) is 14.2. The Bertz CT molecular complexity index is 1220. The molecular formula is C19H20N4O4S. The summed E-state index contributed by atoms with van der Waals surface area (Å²) in [6, 6.07) is 8.85. The van der Waals surface area contributed by atoms with E-state index in [1.165, 1.54) is 4.57 Å². The maximum atomic E-state index is 12.5. The lowest BCUT2D eigenvalue weighted by atomic mass is 10.0. The number of nitrogens with zero attached hydrogens (tertiary/aromatic N) is 3. The van der Waals surface area contributed by atoms with E-state index in [1.807, 2.05) is 12.1 Å². The van der Waals surface area contributed by atoms with E-state index in [1.54, 1.807) is 31.4 Å². The second kappa shape index (κ2) is 6.90.